The average molecular weight is 301 g/mol. The summed E-state index contributed by atoms with van der Waals surface area (Å²) in [5.41, 5.74) is 4.56. The summed E-state index contributed by atoms with van der Waals surface area (Å²) in [5, 5.41) is 18.0. The lowest BCUT2D eigenvalue weighted by Crippen LogP contribution is -1.89. The molecule has 0 aliphatic carbocycles. The monoisotopic (exact) mass is 301 g/mol. The van der Waals surface area contributed by atoms with E-state index in [-0.39, 0.29) is 12.5 Å². The standard InChI is InChI=1S/C20H31NO/c1-16(2)20(14-21)13-12-18(4)10-6-8-17(3)9-7-11-19(5)15-22/h8,11-13,16,22H,6-7,9-10,15H2,1-5H3/b17-8+,18-12+,19-11+,20-13+. The number of hydrogen-bond acceptors (Lipinski definition) is 2. The summed E-state index contributed by atoms with van der Waals surface area (Å²) in [6.45, 7) is 10.5. The van der Waals surface area contributed by atoms with Gasteiger partial charge in [-0.15, -0.1) is 0 Å². The third-order valence-corrected chi connectivity index (χ3v) is 3.61. The van der Waals surface area contributed by atoms with Gasteiger partial charge in [0.15, 0.2) is 0 Å². The van der Waals surface area contributed by atoms with Crippen molar-refractivity contribution in [3.63, 3.8) is 0 Å². The maximum atomic E-state index is 9.02. The average Bonchev–Trinajstić information content (AvgIpc) is 2.47. The maximum absolute atomic E-state index is 9.02. The van der Waals surface area contributed by atoms with E-state index in [1.165, 1.54) is 11.1 Å². The number of allylic oxidation sites excluding steroid dienone is 7. The number of aliphatic hydroxyl groups is 1. The Kier molecular flexibility index (Phi) is 11.1. The number of aliphatic hydroxyl groups excluding tert-OH is 1. The van der Waals surface area contributed by atoms with E-state index in [2.05, 4.69) is 38.1 Å². The predicted molar refractivity (Wildman–Crippen MR) is 95.4 cm³/mol. The summed E-state index contributed by atoms with van der Waals surface area (Å²) in [4.78, 5) is 0. The molecule has 0 unspecified atom stereocenters. The second kappa shape index (κ2) is 12.0. The molecule has 0 amide bonds. The molecule has 0 saturated heterocycles. The van der Waals surface area contributed by atoms with E-state index >= 15 is 0 Å². The van der Waals surface area contributed by atoms with Gasteiger partial charge < -0.3 is 5.11 Å². The zero-order chi connectivity index (χ0) is 17.0. The van der Waals surface area contributed by atoms with Crippen molar-refractivity contribution in [3.05, 3.63) is 46.6 Å². The summed E-state index contributed by atoms with van der Waals surface area (Å²) >= 11 is 0. The molecule has 0 bridgehead atoms. The van der Waals surface area contributed by atoms with Crippen LogP contribution in [0.5, 0.6) is 0 Å². The third-order valence-electron chi connectivity index (χ3n) is 3.61. The molecule has 122 valence electrons. The van der Waals surface area contributed by atoms with Crippen LogP contribution < -0.4 is 0 Å². The maximum Gasteiger partial charge on any atom is 0.0949 e. The largest absolute Gasteiger partial charge is 0.392 e. The first-order valence-corrected chi connectivity index (χ1v) is 8.10. The number of nitrogens with zero attached hydrogens (tertiary/aromatic N) is 1. The Morgan fingerprint density at radius 1 is 0.955 bits per heavy atom. The molecule has 0 atom stereocenters. The third kappa shape index (κ3) is 10.2. The van der Waals surface area contributed by atoms with Gasteiger partial charge in [0.05, 0.1) is 12.7 Å². The van der Waals surface area contributed by atoms with E-state index in [4.69, 9.17) is 10.4 Å². The minimum Gasteiger partial charge on any atom is -0.392 e. The smallest absolute Gasteiger partial charge is 0.0949 e. The van der Waals surface area contributed by atoms with Crippen molar-refractivity contribution in [2.24, 2.45) is 5.92 Å². The fraction of sp³-hybridized carbons (Fsp3) is 0.550. The number of rotatable bonds is 9. The molecule has 0 radical (unpaired) electrons. The van der Waals surface area contributed by atoms with Crippen molar-refractivity contribution < 1.29 is 5.11 Å². The topological polar surface area (TPSA) is 44.0 Å². The molecule has 0 spiro atoms. The van der Waals surface area contributed by atoms with Crippen LogP contribution >= 0.6 is 0 Å². The highest BCUT2D eigenvalue weighted by molar-refractivity contribution is 5.28. The van der Waals surface area contributed by atoms with Crippen LogP contribution in [0.25, 0.3) is 0 Å². The highest BCUT2D eigenvalue weighted by Gasteiger charge is 1.99. The highest BCUT2D eigenvalue weighted by atomic mass is 16.3. The van der Waals surface area contributed by atoms with E-state index < -0.39 is 0 Å². The van der Waals surface area contributed by atoms with Gasteiger partial charge in [0.2, 0.25) is 0 Å². The molecular formula is C20H31NO. The summed E-state index contributed by atoms with van der Waals surface area (Å²) in [5.74, 6) is 0.284. The molecule has 0 saturated carbocycles. The fourth-order valence-corrected chi connectivity index (χ4v) is 1.93. The Hall–Kier alpha value is -1.59. The van der Waals surface area contributed by atoms with E-state index in [9.17, 15) is 0 Å². The van der Waals surface area contributed by atoms with E-state index in [1.807, 2.05) is 26.8 Å². The lowest BCUT2D eigenvalue weighted by molar-refractivity contribution is 0.331. The minimum atomic E-state index is 0.154. The molecule has 0 heterocycles. The summed E-state index contributed by atoms with van der Waals surface area (Å²) < 4.78 is 0. The van der Waals surface area contributed by atoms with Crippen molar-refractivity contribution in [1.82, 2.24) is 0 Å². The van der Waals surface area contributed by atoms with Gasteiger partial charge in [-0.25, -0.2) is 0 Å². The zero-order valence-electron chi connectivity index (χ0n) is 14.8. The van der Waals surface area contributed by atoms with Crippen LogP contribution in [0.4, 0.5) is 0 Å². The van der Waals surface area contributed by atoms with Gasteiger partial charge in [0.25, 0.3) is 0 Å². The fourth-order valence-electron chi connectivity index (χ4n) is 1.93. The van der Waals surface area contributed by atoms with Crippen molar-refractivity contribution in [2.75, 3.05) is 6.61 Å². The Morgan fingerprint density at radius 3 is 2.00 bits per heavy atom. The second-order valence-electron chi connectivity index (χ2n) is 6.24. The molecule has 0 aromatic heterocycles. The molecule has 0 aromatic carbocycles. The molecule has 2 nitrogen and oxygen atoms in total. The van der Waals surface area contributed by atoms with Gasteiger partial charge in [0, 0.05) is 5.57 Å². The number of hydrogen-bond donors (Lipinski definition) is 1. The SMILES string of the molecule is C/C(=C\CC/C(C)=C/CC/C(C)=C/C=C(\C#N)C(C)C)CO. The van der Waals surface area contributed by atoms with Crippen molar-refractivity contribution in [2.45, 2.75) is 60.3 Å². The highest BCUT2D eigenvalue weighted by Crippen LogP contribution is 2.13. The second-order valence-corrected chi connectivity index (χ2v) is 6.24. The van der Waals surface area contributed by atoms with Crippen LogP contribution in [-0.2, 0) is 0 Å². The lowest BCUT2D eigenvalue weighted by Gasteiger charge is -2.02. The molecule has 0 aliphatic heterocycles. The van der Waals surface area contributed by atoms with E-state index in [0.717, 1.165) is 36.8 Å². The predicted octanol–water partition coefficient (Wildman–Crippen LogP) is 5.48. The molecule has 22 heavy (non-hydrogen) atoms. The van der Waals surface area contributed by atoms with Gasteiger partial charge in [-0.2, -0.15) is 5.26 Å². The van der Waals surface area contributed by atoms with Gasteiger partial charge in [0.1, 0.15) is 0 Å². The molecule has 2 heteroatoms. The van der Waals surface area contributed by atoms with Crippen molar-refractivity contribution in [1.29, 1.82) is 5.26 Å². The normalized spacial score (nSPS) is 14.5. The van der Waals surface area contributed by atoms with Gasteiger partial charge in [-0.05, 0) is 58.4 Å². The van der Waals surface area contributed by atoms with Crippen LogP contribution in [0, 0.1) is 17.2 Å². The minimum absolute atomic E-state index is 0.154. The Labute approximate surface area is 136 Å². The lowest BCUT2D eigenvalue weighted by atomic mass is 10.0. The molecule has 1 N–H and O–H groups in total. The van der Waals surface area contributed by atoms with Crippen molar-refractivity contribution >= 4 is 0 Å². The van der Waals surface area contributed by atoms with Crippen LogP contribution in [-0.4, -0.2) is 11.7 Å². The summed E-state index contributed by atoms with van der Waals surface area (Å²) in [6.07, 6.45) is 12.5. The van der Waals surface area contributed by atoms with Crippen LogP contribution in [0.3, 0.4) is 0 Å². The Bertz CT molecular complexity index is 484. The summed E-state index contributed by atoms with van der Waals surface area (Å²) in [7, 11) is 0. The Morgan fingerprint density at radius 2 is 1.50 bits per heavy atom. The van der Waals surface area contributed by atoms with Gasteiger partial charge in [-0.1, -0.05) is 48.8 Å². The van der Waals surface area contributed by atoms with Crippen molar-refractivity contribution in [3.8, 4) is 6.07 Å². The molecule has 0 rings (SSSR count). The van der Waals surface area contributed by atoms with E-state index in [1.54, 1.807) is 0 Å². The quantitative estimate of drug-likeness (QED) is 0.348. The number of nitriles is 1. The van der Waals surface area contributed by atoms with Crippen LogP contribution in [0.2, 0.25) is 0 Å². The molecule has 0 aliphatic rings. The van der Waals surface area contributed by atoms with Crippen LogP contribution in [0.1, 0.15) is 60.3 Å². The van der Waals surface area contributed by atoms with E-state index in [0.29, 0.717) is 0 Å². The van der Waals surface area contributed by atoms with Gasteiger partial charge >= 0.3 is 0 Å². The zero-order valence-corrected chi connectivity index (χ0v) is 14.8. The van der Waals surface area contributed by atoms with Crippen LogP contribution in [0.15, 0.2) is 46.6 Å². The first-order valence-electron chi connectivity index (χ1n) is 8.10. The molecular weight excluding hydrogens is 270 g/mol. The Balaban J connectivity index is 4.28. The first kappa shape index (κ1) is 20.4. The van der Waals surface area contributed by atoms with Gasteiger partial charge in [-0.3, -0.25) is 0 Å². The summed E-state index contributed by atoms with van der Waals surface area (Å²) in [6, 6.07) is 2.25. The molecule has 0 aromatic rings. The molecule has 0 fully saturated rings. The first-order chi connectivity index (χ1) is 10.4.